The van der Waals surface area contributed by atoms with E-state index in [1.165, 1.54) is 11.9 Å². The Hall–Kier alpha value is -1.24. The van der Waals surface area contributed by atoms with Gasteiger partial charge in [-0.15, -0.1) is 5.10 Å². The van der Waals surface area contributed by atoms with Gasteiger partial charge >= 0.3 is 6.01 Å². The van der Waals surface area contributed by atoms with Gasteiger partial charge in [0.05, 0.1) is 13.1 Å². The Morgan fingerprint density at radius 2 is 2.06 bits per heavy atom. The fourth-order valence-corrected chi connectivity index (χ4v) is 1.05. The van der Waals surface area contributed by atoms with E-state index in [9.17, 15) is 8.78 Å². The van der Waals surface area contributed by atoms with Crippen molar-refractivity contribution in [3.05, 3.63) is 5.89 Å². The van der Waals surface area contributed by atoms with Crippen molar-refractivity contribution in [2.24, 2.45) is 0 Å². The first-order chi connectivity index (χ1) is 7.49. The second-order valence-corrected chi connectivity index (χ2v) is 3.79. The summed E-state index contributed by atoms with van der Waals surface area (Å²) in [6.45, 7) is 3.99. The third-order valence-electron chi connectivity index (χ3n) is 1.86. The van der Waals surface area contributed by atoms with Crippen LogP contribution in [0.15, 0.2) is 4.42 Å². The van der Waals surface area contributed by atoms with Gasteiger partial charge in [-0.25, -0.2) is 8.78 Å². The monoisotopic (exact) mass is 234 g/mol. The fraction of sp³-hybridized carbons (Fsp3) is 0.778. The van der Waals surface area contributed by atoms with Gasteiger partial charge in [-0.05, 0) is 0 Å². The molecule has 0 aliphatic heterocycles. The van der Waals surface area contributed by atoms with Crippen molar-refractivity contribution in [1.82, 2.24) is 15.5 Å². The van der Waals surface area contributed by atoms with E-state index in [0.29, 0.717) is 18.5 Å². The van der Waals surface area contributed by atoms with Crippen molar-refractivity contribution in [1.29, 1.82) is 0 Å². The predicted molar refractivity (Wildman–Crippen MR) is 55.5 cm³/mol. The van der Waals surface area contributed by atoms with E-state index >= 15 is 0 Å². The zero-order valence-electron chi connectivity index (χ0n) is 9.57. The highest BCUT2D eigenvalue weighted by molar-refractivity contribution is 5.21. The van der Waals surface area contributed by atoms with E-state index < -0.39 is 13.0 Å². The smallest absolute Gasteiger partial charge is 0.318 e. The fourth-order valence-electron chi connectivity index (χ4n) is 1.05. The lowest BCUT2D eigenvalue weighted by atomic mass is 10.4. The predicted octanol–water partition coefficient (Wildman–Crippen LogP) is 1.27. The van der Waals surface area contributed by atoms with Crippen LogP contribution < -0.4 is 10.2 Å². The Morgan fingerprint density at radius 1 is 1.38 bits per heavy atom. The molecule has 5 nitrogen and oxygen atoms in total. The van der Waals surface area contributed by atoms with Gasteiger partial charge in [-0.2, -0.15) is 0 Å². The number of hydrogen-bond acceptors (Lipinski definition) is 5. The number of hydrogen-bond donors (Lipinski definition) is 1. The van der Waals surface area contributed by atoms with E-state index in [1.807, 2.05) is 13.8 Å². The summed E-state index contributed by atoms with van der Waals surface area (Å²) in [5.74, 6) is 0.393. The van der Waals surface area contributed by atoms with Crippen LogP contribution in [-0.4, -0.2) is 36.3 Å². The zero-order valence-corrected chi connectivity index (χ0v) is 9.57. The topological polar surface area (TPSA) is 54.2 Å². The summed E-state index contributed by atoms with van der Waals surface area (Å²) < 4.78 is 29.4. The molecule has 1 aromatic rings. The summed E-state index contributed by atoms with van der Waals surface area (Å²) in [6, 6.07) is 0.412. The maximum Gasteiger partial charge on any atom is 0.318 e. The molecule has 0 unspecified atom stereocenters. The molecule has 16 heavy (non-hydrogen) atoms. The molecule has 0 amide bonds. The first kappa shape index (κ1) is 12.8. The largest absolute Gasteiger partial charge is 0.407 e. The van der Waals surface area contributed by atoms with Crippen LogP contribution in [0.25, 0.3) is 0 Å². The Balaban J connectivity index is 2.50. The molecule has 0 fully saturated rings. The van der Waals surface area contributed by atoms with Crippen LogP contribution >= 0.6 is 0 Å². The molecule has 0 saturated heterocycles. The van der Waals surface area contributed by atoms with Crippen molar-refractivity contribution in [2.75, 3.05) is 18.5 Å². The summed E-state index contributed by atoms with van der Waals surface area (Å²) in [6.07, 6.45) is -2.42. The molecule has 0 radical (unpaired) electrons. The van der Waals surface area contributed by atoms with Gasteiger partial charge in [0.25, 0.3) is 6.43 Å². The van der Waals surface area contributed by atoms with Crippen molar-refractivity contribution in [3.63, 3.8) is 0 Å². The molecule has 0 aliphatic rings. The lowest BCUT2D eigenvalue weighted by molar-refractivity contribution is 0.155. The Kier molecular flexibility index (Phi) is 4.60. The first-order valence-corrected chi connectivity index (χ1v) is 5.04. The quantitative estimate of drug-likeness (QED) is 0.803. The standard InChI is InChI=1S/C9H16F2N4O/c1-6(2)12-4-8-13-14-9(16-8)15(3)5-7(10)11/h6-7,12H,4-5H2,1-3H3. The minimum absolute atomic E-state index is 0.112. The zero-order chi connectivity index (χ0) is 12.1. The second-order valence-electron chi connectivity index (χ2n) is 3.79. The van der Waals surface area contributed by atoms with Crippen LogP contribution in [0.3, 0.4) is 0 Å². The minimum Gasteiger partial charge on any atom is -0.407 e. The van der Waals surface area contributed by atoms with Gasteiger partial charge in [0.2, 0.25) is 5.89 Å². The van der Waals surface area contributed by atoms with Gasteiger partial charge in [-0.3, -0.25) is 0 Å². The van der Waals surface area contributed by atoms with Crippen molar-refractivity contribution < 1.29 is 13.2 Å². The lowest BCUT2D eigenvalue weighted by Crippen LogP contribution is -2.24. The van der Waals surface area contributed by atoms with Crippen LogP contribution in [0, 0.1) is 0 Å². The van der Waals surface area contributed by atoms with Crippen LogP contribution in [0.5, 0.6) is 0 Å². The molecule has 1 N–H and O–H groups in total. The van der Waals surface area contributed by atoms with Gasteiger partial charge in [0.15, 0.2) is 0 Å². The molecule has 0 aromatic carbocycles. The van der Waals surface area contributed by atoms with E-state index in [1.54, 1.807) is 0 Å². The number of aromatic nitrogens is 2. The van der Waals surface area contributed by atoms with Crippen LogP contribution in [-0.2, 0) is 6.54 Å². The van der Waals surface area contributed by atoms with Gasteiger partial charge in [0, 0.05) is 13.1 Å². The summed E-state index contributed by atoms with van der Waals surface area (Å²) in [4.78, 5) is 1.23. The lowest BCUT2D eigenvalue weighted by Gasteiger charge is -2.12. The second kappa shape index (κ2) is 5.74. The summed E-state index contributed by atoms with van der Waals surface area (Å²) in [7, 11) is 1.49. The molecule has 0 spiro atoms. The third-order valence-corrected chi connectivity index (χ3v) is 1.86. The Bertz CT molecular complexity index is 316. The SMILES string of the molecule is CC(C)NCc1nnc(N(C)CC(F)F)o1. The van der Waals surface area contributed by atoms with E-state index in [4.69, 9.17) is 4.42 Å². The molecule has 0 aliphatic carbocycles. The molecule has 1 rings (SSSR count). The molecule has 0 saturated carbocycles. The summed E-state index contributed by atoms with van der Waals surface area (Å²) >= 11 is 0. The summed E-state index contributed by atoms with van der Waals surface area (Å²) in [5, 5.41) is 10.5. The number of rotatable bonds is 6. The minimum atomic E-state index is -2.42. The van der Waals surface area contributed by atoms with Crippen molar-refractivity contribution in [3.8, 4) is 0 Å². The normalized spacial score (nSPS) is 11.4. The Morgan fingerprint density at radius 3 is 2.62 bits per heavy atom. The molecule has 92 valence electrons. The number of nitrogens with zero attached hydrogens (tertiary/aromatic N) is 3. The number of nitrogens with one attached hydrogen (secondary N) is 1. The number of halogens is 2. The average Bonchev–Trinajstić information content (AvgIpc) is 2.61. The molecule has 1 heterocycles. The van der Waals surface area contributed by atoms with Gasteiger partial charge in [-0.1, -0.05) is 18.9 Å². The molecular formula is C9H16F2N4O. The van der Waals surface area contributed by atoms with Crippen LogP contribution in [0.2, 0.25) is 0 Å². The van der Waals surface area contributed by atoms with Crippen molar-refractivity contribution in [2.45, 2.75) is 32.9 Å². The van der Waals surface area contributed by atoms with Crippen LogP contribution in [0.1, 0.15) is 19.7 Å². The maximum atomic E-state index is 12.1. The molecular weight excluding hydrogens is 218 g/mol. The number of anilines is 1. The maximum absolute atomic E-state index is 12.1. The Labute approximate surface area is 92.8 Å². The molecule has 0 bridgehead atoms. The molecule has 0 atom stereocenters. The van der Waals surface area contributed by atoms with Gasteiger partial charge in [0.1, 0.15) is 0 Å². The molecule has 1 aromatic heterocycles. The highest BCUT2D eigenvalue weighted by atomic mass is 19.3. The summed E-state index contributed by atoms with van der Waals surface area (Å²) in [5.41, 5.74) is 0. The van der Waals surface area contributed by atoms with Gasteiger partial charge < -0.3 is 14.6 Å². The average molecular weight is 234 g/mol. The first-order valence-electron chi connectivity index (χ1n) is 5.04. The van der Waals surface area contributed by atoms with E-state index in [-0.39, 0.29) is 6.01 Å². The van der Waals surface area contributed by atoms with Crippen LogP contribution in [0.4, 0.5) is 14.8 Å². The highest BCUT2D eigenvalue weighted by Crippen LogP contribution is 2.11. The third kappa shape index (κ3) is 4.09. The highest BCUT2D eigenvalue weighted by Gasteiger charge is 2.14. The molecule has 7 heteroatoms. The van der Waals surface area contributed by atoms with E-state index in [2.05, 4.69) is 15.5 Å². The van der Waals surface area contributed by atoms with Crippen molar-refractivity contribution >= 4 is 6.01 Å². The van der Waals surface area contributed by atoms with E-state index in [0.717, 1.165) is 0 Å². The number of alkyl halides is 2.